The van der Waals surface area contributed by atoms with E-state index in [0.29, 0.717) is 6.42 Å². The lowest BCUT2D eigenvalue weighted by Crippen LogP contribution is -2.24. The molecule has 0 spiro atoms. The smallest absolute Gasteiger partial charge is 0.447 e. The predicted octanol–water partition coefficient (Wildman–Crippen LogP) is 3.02. The van der Waals surface area contributed by atoms with Crippen LogP contribution >= 0.6 is 0 Å². The van der Waals surface area contributed by atoms with E-state index >= 15 is 0 Å². The van der Waals surface area contributed by atoms with E-state index in [-0.39, 0.29) is 6.61 Å². The van der Waals surface area contributed by atoms with Crippen molar-refractivity contribution in [1.82, 2.24) is 0 Å². The third-order valence-corrected chi connectivity index (χ3v) is 1.90. The number of benzene rings is 1. The van der Waals surface area contributed by atoms with E-state index in [1.54, 1.807) is 0 Å². The highest BCUT2D eigenvalue weighted by Crippen LogP contribution is 2.08. The van der Waals surface area contributed by atoms with Gasteiger partial charge in [-0.25, -0.2) is 0 Å². The van der Waals surface area contributed by atoms with Gasteiger partial charge in [-0.2, -0.15) is 0 Å². The Balaban J connectivity index is 2.08. The number of aryl methyl sites for hydroxylation is 1. The number of ether oxygens (including phenoxy) is 1. The van der Waals surface area contributed by atoms with Gasteiger partial charge >= 0.3 is 6.98 Å². The zero-order valence-corrected chi connectivity index (χ0v) is 8.33. The molecule has 0 heterocycles. The van der Waals surface area contributed by atoms with Crippen LogP contribution < -0.4 is 0 Å². The van der Waals surface area contributed by atoms with Crippen LogP contribution in [0.5, 0.6) is 0 Å². The molecule has 0 radical (unpaired) electrons. The second-order valence-corrected chi connectivity index (χ2v) is 3.37. The molecule has 0 N–H and O–H groups in total. The molecular weight excluding hydrogens is 204 g/mol. The van der Waals surface area contributed by atoms with Crippen LogP contribution in [0.15, 0.2) is 30.3 Å². The van der Waals surface area contributed by atoms with Crippen LogP contribution in [-0.2, 0) is 11.2 Å². The minimum Gasteiger partial charge on any atom is -0.447 e. The summed E-state index contributed by atoms with van der Waals surface area (Å²) in [7, 11) is 0. The fourth-order valence-corrected chi connectivity index (χ4v) is 1.24. The van der Waals surface area contributed by atoms with E-state index in [4.69, 9.17) is 0 Å². The zero-order valence-electron chi connectivity index (χ0n) is 8.33. The molecule has 0 fully saturated rings. The molecule has 0 unspecified atom stereocenters. The van der Waals surface area contributed by atoms with Crippen molar-refractivity contribution in [3.63, 3.8) is 0 Å². The Morgan fingerprint density at radius 3 is 2.33 bits per heavy atom. The molecule has 0 aliphatic carbocycles. The summed E-state index contributed by atoms with van der Waals surface area (Å²) in [4.78, 5) is 0. The van der Waals surface area contributed by atoms with Crippen molar-refractivity contribution < 1.29 is 17.7 Å². The highest BCUT2D eigenvalue weighted by molar-refractivity contribution is 6.58. The van der Waals surface area contributed by atoms with Crippen LogP contribution in [0.3, 0.4) is 0 Å². The van der Waals surface area contributed by atoms with Crippen molar-refractivity contribution in [2.24, 2.45) is 0 Å². The summed E-state index contributed by atoms with van der Waals surface area (Å²) >= 11 is 0. The molecule has 1 aromatic carbocycles. The fraction of sp³-hybridized carbons (Fsp3) is 0.400. The SMILES string of the molecule is F[B-](F)(F)COCCCc1ccccc1. The maximum atomic E-state index is 11.7. The van der Waals surface area contributed by atoms with E-state index in [1.807, 2.05) is 30.3 Å². The van der Waals surface area contributed by atoms with Crippen molar-refractivity contribution in [2.75, 3.05) is 13.1 Å². The topological polar surface area (TPSA) is 9.23 Å². The highest BCUT2D eigenvalue weighted by Gasteiger charge is 2.22. The van der Waals surface area contributed by atoms with Gasteiger partial charge in [-0.15, -0.1) is 0 Å². The van der Waals surface area contributed by atoms with Gasteiger partial charge in [-0.05, 0) is 18.4 Å². The average molecular weight is 217 g/mol. The standard InChI is InChI=1S/C10H13BF3O/c12-11(13,14)9-15-8-4-7-10-5-2-1-3-6-10/h1-3,5-6H,4,7-9H2/q-1. The van der Waals surface area contributed by atoms with Crippen molar-refractivity contribution in [3.8, 4) is 0 Å². The molecule has 0 aromatic heterocycles. The first kappa shape index (κ1) is 12.1. The van der Waals surface area contributed by atoms with Crippen LogP contribution in [0.4, 0.5) is 12.9 Å². The monoisotopic (exact) mass is 217 g/mol. The van der Waals surface area contributed by atoms with E-state index in [2.05, 4.69) is 4.74 Å². The average Bonchev–Trinajstić information content (AvgIpc) is 2.17. The first-order valence-electron chi connectivity index (χ1n) is 4.90. The van der Waals surface area contributed by atoms with Gasteiger partial charge in [-0.3, -0.25) is 0 Å². The molecule has 5 heteroatoms. The van der Waals surface area contributed by atoms with Crippen LogP contribution in [0.1, 0.15) is 12.0 Å². The predicted molar refractivity (Wildman–Crippen MR) is 54.7 cm³/mol. The lowest BCUT2D eigenvalue weighted by Gasteiger charge is -2.13. The molecule has 15 heavy (non-hydrogen) atoms. The van der Waals surface area contributed by atoms with Crippen molar-refractivity contribution in [3.05, 3.63) is 35.9 Å². The highest BCUT2D eigenvalue weighted by atomic mass is 19.4. The Kier molecular flexibility index (Phi) is 4.68. The number of halogens is 3. The molecule has 1 nitrogen and oxygen atoms in total. The Bertz CT molecular complexity index is 274. The lowest BCUT2D eigenvalue weighted by atomic mass is 9.95. The van der Waals surface area contributed by atoms with Gasteiger partial charge < -0.3 is 17.7 Å². The quantitative estimate of drug-likeness (QED) is 0.525. The molecule has 0 saturated carbocycles. The summed E-state index contributed by atoms with van der Waals surface area (Å²) in [6.45, 7) is -5.72. The number of hydrogen-bond acceptors (Lipinski definition) is 1. The molecular formula is C10H13BF3O-. The van der Waals surface area contributed by atoms with Gasteiger partial charge in [-0.1, -0.05) is 30.3 Å². The normalized spacial score (nSPS) is 11.7. The van der Waals surface area contributed by atoms with Gasteiger partial charge in [0.2, 0.25) is 0 Å². The van der Waals surface area contributed by atoms with Gasteiger partial charge in [0.1, 0.15) is 0 Å². The van der Waals surface area contributed by atoms with E-state index in [0.717, 1.165) is 12.0 Å². The molecule has 1 rings (SSSR count). The summed E-state index contributed by atoms with van der Waals surface area (Å²) in [6.07, 6.45) is 1.38. The number of rotatable bonds is 6. The van der Waals surface area contributed by atoms with E-state index < -0.39 is 13.5 Å². The lowest BCUT2D eigenvalue weighted by molar-refractivity contribution is 0.148. The maximum absolute atomic E-state index is 11.7. The van der Waals surface area contributed by atoms with Crippen molar-refractivity contribution >= 4 is 6.98 Å². The third-order valence-electron chi connectivity index (χ3n) is 1.90. The Labute approximate surface area is 87.3 Å². The fourth-order valence-electron chi connectivity index (χ4n) is 1.24. The maximum Gasteiger partial charge on any atom is 0.503 e. The van der Waals surface area contributed by atoms with Crippen LogP contribution in [-0.4, -0.2) is 20.1 Å². The summed E-state index contributed by atoms with van der Waals surface area (Å²) in [6, 6.07) is 9.64. The van der Waals surface area contributed by atoms with E-state index in [9.17, 15) is 12.9 Å². The van der Waals surface area contributed by atoms with Crippen LogP contribution in [0.2, 0.25) is 0 Å². The molecule has 0 atom stereocenters. The number of hydrogen-bond donors (Lipinski definition) is 0. The molecule has 0 aliphatic rings. The summed E-state index contributed by atoms with van der Waals surface area (Å²) in [5.74, 6) is 0. The van der Waals surface area contributed by atoms with Crippen molar-refractivity contribution in [2.45, 2.75) is 12.8 Å². The minimum atomic E-state index is -4.80. The molecule has 0 aliphatic heterocycles. The summed E-state index contributed by atoms with van der Waals surface area (Å²) < 4.78 is 39.8. The van der Waals surface area contributed by atoms with Crippen molar-refractivity contribution in [1.29, 1.82) is 0 Å². The second kappa shape index (κ2) is 5.80. The van der Waals surface area contributed by atoms with Gasteiger partial charge in [0.15, 0.2) is 0 Å². The van der Waals surface area contributed by atoms with Gasteiger partial charge in [0.05, 0.1) is 0 Å². The minimum absolute atomic E-state index is 0.163. The first-order chi connectivity index (χ1) is 7.08. The van der Waals surface area contributed by atoms with Gasteiger partial charge in [0.25, 0.3) is 0 Å². The molecule has 0 saturated heterocycles. The van der Waals surface area contributed by atoms with Crippen LogP contribution in [0, 0.1) is 0 Å². The molecule has 0 bridgehead atoms. The Hall–Kier alpha value is -0.965. The van der Waals surface area contributed by atoms with Gasteiger partial charge in [0, 0.05) is 13.1 Å². The second-order valence-electron chi connectivity index (χ2n) is 3.37. The Morgan fingerprint density at radius 2 is 1.73 bits per heavy atom. The molecule has 0 amide bonds. The Morgan fingerprint density at radius 1 is 1.07 bits per heavy atom. The molecule has 1 aromatic rings. The first-order valence-corrected chi connectivity index (χ1v) is 4.90. The van der Waals surface area contributed by atoms with Crippen LogP contribution in [0.25, 0.3) is 0 Å². The zero-order chi connectivity index (χ0) is 11.1. The summed E-state index contributed by atoms with van der Waals surface area (Å²) in [5.41, 5.74) is 1.12. The molecule has 84 valence electrons. The largest absolute Gasteiger partial charge is 0.503 e. The third kappa shape index (κ3) is 6.17. The summed E-state index contributed by atoms with van der Waals surface area (Å²) in [5, 5.41) is 0. The van der Waals surface area contributed by atoms with E-state index in [1.165, 1.54) is 0 Å².